The fourth-order valence-electron chi connectivity index (χ4n) is 3.53. The Morgan fingerprint density at radius 1 is 1.10 bits per heavy atom. The minimum Gasteiger partial charge on any atom is -0.368 e. The van der Waals surface area contributed by atoms with Gasteiger partial charge >= 0.3 is 0 Å². The van der Waals surface area contributed by atoms with Crippen LogP contribution in [0.25, 0.3) is 11.1 Å². The standard InChI is InChI=1S/C24H22ClN3O3/c1-16(29)27-21-8-5-17(6-9-21)24(30)28-11-12-31-23(15-28)22-10-7-19(14-26-22)18-3-2-4-20(25)13-18/h2-10,13-14,23H,11-12,15H2,1H3,(H,27,29)/t23-/m0/s1. The lowest BCUT2D eigenvalue weighted by Gasteiger charge is -2.32. The number of benzene rings is 2. The molecule has 0 unspecified atom stereocenters. The molecule has 0 aliphatic carbocycles. The zero-order chi connectivity index (χ0) is 21.8. The van der Waals surface area contributed by atoms with Crippen LogP contribution in [0, 0.1) is 0 Å². The van der Waals surface area contributed by atoms with Crippen LogP contribution in [0.4, 0.5) is 5.69 Å². The number of nitrogens with zero attached hydrogens (tertiary/aromatic N) is 2. The van der Waals surface area contributed by atoms with Gasteiger partial charge in [-0.15, -0.1) is 0 Å². The third-order valence-corrected chi connectivity index (χ3v) is 5.32. The smallest absolute Gasteiger partial charge is 0.254 e. The normalized spacial score (nSPS) is 16.1. The Hall–Kier alpha value is -3.22. The van der Waals surface area contributed by atoms with Crippen LogP contribution in [0.5, 0.6) is 0 Å². The van der Waals surface area contributed by atoms with Crippen LogP contribution in [0.3, 0.4) is 0 Å². The number of carbonyl (C=O) groups excluding carboxylic acids is 2. The van der Waals surface area contributed by atoms with E-state index in [0.29, 0.717) is 36.0 Å². The average molecular weight is 436 g/mol. The summed E-state index contributed by atoms with van der Waals surface area (Å²) in [6.07, 6.45) is 1.51. The first kappa shape index (κ1) is 21.0. The molecule has 2 aromatic carbocycles. The molecule has 1 saturated heterocycles. The third kappa shape index (κ3) is 5.10. The van der Waals surface area contributed by atoms with Crippen LogP contribution in [0.15, 0.2) is 66.9 Å². The number of anilines is 1. The minimum absolute atomic E-state index is 0.0711. The summed E-state index contributed by atoms with van der Waals surface area (Å²) in [7, 11) is 0. The Bertz CT molecular complexity index is 1080. The highest BCUT2D eigenvalue weighted by Crippen LogP contribution is 2.26. The quantitative estimate of drug-likeness (QED) is 0.651. The number of rotatable bonds is 4. The number of amides is 2. The predicted molar refractivity (Wildman–Crippen MR) is 120 cm³/mol. The molecule has 0 radical (unpaired) electrons. The van der Waals surface area contributed by atoms with Gasteiger partial charge in [0.1, 0.15) is 6.10 Å². The predicted octanol–water partition coefficient (Wildman–Crippen LogP) is 4.57. The Kier molecular flexibility index (Phi) is 6.30. The molecule has 3 aromatic rings. The molecule has 31 heavy (non-hydrogen) atoms. The molecule has 1 fully saturated rings. The van der Waals surface area contributed by atoms with Gasteiger partial charge < -0.3 is 15.0 Å². The molecule has 0 saturated carbocycles. The van der Waals surface area contributed by atoms with E-state index in [0.717, 1.165) is 16.8 Å². The largest absolute Gasteiger partial charge is 0.368 e. The molecular formula is C24H22ClN3O3. The number of nitrogens with one attached hydrogen (secondary N) is 1. The second kappa shape index (κ2) is 9.29. The molecule has 1 aliphatic rings. The molecule has 2 heterocycles. The van der Waals surface area contributed by atoms with E-state index in [4.69, 9.17) is 16.3 Å². The summed E-state index contributed by atoms with van der Waals surface area (Å²) >= 11 is 6.08. The summed E-state index contributed by atoms with van der Waals surface area (Å²) in [5.41, 5.74) is 3.97. The lowest BCUT2D eigenvalue weighted by Crippen LogP contribution is -2.42. The van der Waals surface area contributed by atoms with E-state index in [1.807, 2.05) is 36.4 Å². The highest BCUT2D eigenvalue weighted by molar-refractivity contribution is 6.30. The maximum absolute atomic E-state index is 12.9. The molecule has 0 bridgehead atoms. The number of aromatic nitrogens is 1. The monoisotopic (exact) mass is 435 g/mol. The molecule has 0 spiro atoms. The van der Waals surface area contributed by atoms with Crippen LogP contribution < -0.4 is 5.32 Å². The number of ether oxygens (including phenoxy) is 1. The average Bonchev–Trinajstić information content (AvgIpc) is 2.79. The van der Waals surface area contributed by atoms with Gasteiger partial charge in [-0.3, -0.25) is 14.6 Å². The van der Waals surface area contributed by atoms with Crippen molar-refractivity contribution in [1.82, 2.24) is 9.88 Å². The van der Waals surface area contributed by atoms with Crippen molar-refractivity contribution in [2.75, 3.05) is 25.0 Å². The topological polar surface area (TPSA) is 71.5 Å². The van der Waals surface area contributed by atoms with Crippen molar-refractivity contribution in [3.8, 4) is 11.1 Å². The molecule has 158 valence electrons. The first-order valence-corrected chi connectivity index (χ1v) is 10.4. The summed E-state index contributed by atoms with van der Waals surface area (Å²) in [6.45, 7) is 2.83. The second-order valence-electron chi connectivity index (χ2n) is 7.35. The highest BCUT2D eigenvalue weighted by atomic mass is 35.5. The lowest BCUT2D eigenvalue weighted by molar-refractivity contribution is -0.114. The Balaban J connectivity index is 1.44. The van der Waals surface area contributed by atoms with Gasteiger partial charge in [0.25, 0.3) is 5.91 Å². The second-order valence-corrected chi connectivity index (χ2v) is 7.79. The van der Waals surface area contributed by atoms with E-state index in [1.165, 1.54) is 6.92 Å². The maximum atomic E-state index is 12.9. The van der Waals surface area contributed by atoms with E-state index < -0.39 is 0 Å². The van der Waals surface area contributed by atoms with Crippen molar-refractivity contribution >= 4 is 29.1 Å². The van der Waals surface area contributed by atoms with Gasteiger partial charge in [0, 0.05) is 41.5 Å². The van der Waals surface area contributed by atoms with Crippen LogP contribution in [-0.4, -0.2) is 41.4 Å². The third-order valence-electron chi connectivity index (χ3n) is 5.08. The molecule has 1 aromatic heterocycles. The number of pyridine rings is 1. The van der Waals surface area contributed by atoms with Crippen molar-refractivity contribution in [2.24, 2.45) is 0 Å². The Morgan fingerprint density at radius 3 is 2.58 bits per heavy atom. The minimum atomic E-state index is -0.287. The summed E-state index contributed by atoms with van der Waals surface area (Å²) in [6, 6.07) is 18.4. The van der Waals surface area contributed by atoms with Gasteiger partial charge in [-0.2, -0.15) is 0 Å². The Morgan fingerprint density at radius 2 is 1.90 bits per heavy atom. The van der Waals surface area contributed by atoms with Gasteiger partial charge in [0.2, 0.25) is 5.91 Å². The fourth-order valence-corrected chi connectivity index (χ4v) is 3.72. The van der Waals surface area contributed by atoms with Crippen LogP contribution in [0.2, 0.25) is 5.02 Å². The first-order valence-electron chi connectivity index (χ1n) is 10.00. The fraction of sp³-hybridized carbons (Fsp3) is 0.208. The van der Waals surface area contributed by atoms with Gasteiger partial charge in [0.15, 0.2) is 0 Å². The van der Waals surface area contributed by atoms with Gasteiger partial charge in [-0.05, 0) is 48.0 Å². The SMILES string of the molecule is CC(=O)Nc1ccc(C(=O)N2CCO[C@H](c3ccc(-c4cccc(Cl)c4)cn3)C2)cc1. The summed E-state index contributed by atoms with van der Waals surface area (Å²) < 4.78 is 5.88. The molecule has 4 rings (SSSR count). The summed E-state index contributed by atoms with van der Waals surface area (Å²) in [5, 5.41) is 3.38. The van der Waals surface area contributed by atoms with E-state index in [-0.39, 0.29) is 17.9 Å². The molecular weight excluding hydrogens is 414 g/mol. The number of hydrogen-bond donors (Lipinski definition) is 1. The van der Waals surface area contributed by atoms with Crippen molar-refractivity contribution in [2.45, 2.75) is 13.0 Å². The molecule has 6 nitrogen and oxygen atoms in total. The van der Waals surface area contributed by atoms with Crippen molar-refractivity contribution in [3.05, 3.63) is 83.1 Å². The molecule has 1 atom stereocenters. The van der Waals surface area contributed by atoms with E-state index in [9.17, 15) is 9.59 Å². The molecule has 1 N–H and O–H groups in total. The van der Waals surface area contributed by atoms with E-state index in [2.05, 4.69) is 10.3 Å². The van der Waals surface area contributed by atoms with Crippen molar-refractivity contribution in [1.29, 1.82) is 0 Å². The lowest BCUT2D eigenvalue weighted by atomic mass is 10.1. The number of hydrogen-bond acceptors (Lipinski definition) is 4. The summed E-state index contributed by atoms with van der Waals surface area (Å²) in [4.78, 5) is 30.4. The van der Waals surface area contributed by atoms with E-state index in [1.54, 1.807) is 35.4 Å². The van der Waals surface area contributed by atoms with Gasteiger partial charge in [-0.1, -0.05) is 29.8 Å². The number of halogens is 1. The Labute approximate surface area is 185 Å². The summed E-state index contributed by atoms with van der Waals surface area (Å²) in [5.74, 6) is -0.220. The van der Waals surface area contributed by atoms with Crippen LogP contribution >= 0.6 is 11.6 Å². The first-order chi connectivity index (χ1) is 15.0. The number of carbonyl (C=O) groups is 2. The maximum Gasteiger partial charge on any atom is 0.254 e. The number of morpholine rings is 1. The van der Waals surface area contributed by atoms with Crippen molar-refractivity contribution in [3.63, 3.8) is 0 Å². The van der Waals surface area contributed by atoms with Crippen LogP contribution in [-0.2, 0) is 9.53 Å². The zero-order valence-electron chi connectivity index (χ0n) is 17.0. The van der Waals surface area contributed by atoms with Gasteiger partial charge in [-0.25, -0.2) is 0 Å². The zero-order valence-corrected chi connectivity index (χ0v) is 17.8. The highest BCUT2D eigenvalue weighted by Gasteiger charge is 2.27. The van der Waals surface area contributed by atoms with Gasteiger partial charge in [0.05, 0.1) is 18.8 Å². The molecule has 1 aliphatic heterocycles. The molecule has 2 amide bonds. The van der Waals surface area contributed by atoms with Crippen LogP contribution in [0.1, 0.15) is 29.1 Å². The van der Waals surface area contributed by atoms with Crippen molar-refractivity contribution < 1.29 is 14.3 Å². The van der Waals surface area contributed by atoms with E-state index >= 15 is 0 Å². The molecule has 7 heteroatoms.